The van der Waals surface area contributed by atoms with Gasteiger partial charge in [-0.05, 0) is 37.1 Å². The molecule has 1 saturated heterocycles. The molecule has 3 aromatic rings. The SMILES string of the molecule is CO[C@H]1c2c(cc(F)c(Cl)c2-c2c(C(N)=O)ccc(OCCO)c2F)O[C@@]1(c1ccccc1)[C@@H]1CCCN1. The number of carbonyl (C=O) groups excluding carboxylic acids is 1. The first kappa shape index (κ1) is 26.4. The lowest BCUT2D eigenvalue weighted by Crippen LogP contribution is -2.51. The first-order valence-corrected chi connectivity index (χ1v) is 12.6. The Kier molecular flexibility index (Phi) is 7.28. The average Bonchev–Trinajstić information content (AvgIpc) is 3.56. The second-order valence-corrected chi connectivity index (χ2v) is 9.60. The molecular formula is C28H27ClF2N2O5. The zero-order chi connectivity index (χ0) is 27.0. The number of primary amides is 1. The van der Waals surface area contributed by atoms with E-state index in [9.17, 15) is 4.79 Å². The van der Waals surface area contributed by atoms with Gasteiger partial charge in [-0.3, -0.25) is 4.79 Å². The van der Waals surface area contributed by atoms with Gasteiger partial charge in [0, 0.05) is 29.9 Å². The molecule has 38 heavy (non-hydrogen) atoms. The minimum absolute atomic E-state index is 0.106. The van der Waals surface area contributed by atoms with E-state index in [1.165, 1.54) is 19.2 Å². The number of fused-ring (bicyclic) bond motifs is 1. The third kappa shape index (κ3) is 4.10. The van der Waals surface area contributed by atoms with Crippen LogP contribution in [0.2, 0.25) is 5.02 Å². The van der Waals surface area contributed by atoms with Gasteiger partial charge in [-0.2, -0.15) is 0 Å². The average molecular weight is 545 g/mol. The number of hydrogen-bond donors (Lipinski definition) is 3. The van der Waals surface area contributed by atoms with Crippen LogP contribution in [0.5, 0.6) is 11.5 Å². The van der Waals surface area contributed by atoms with Gasteiger partial charge in [0.15, 0.2) is 17.2 Å². The van der Waals surface area contributed by atoms with E-state index in [0.717, 1.165) is 31.0 Å². The highest BCUT2D eigenvalue weighted by atomic mass is 35.5. The van der Waals surface area contributed by atoms with Crippen molar-refractivity contribution in [1.82, 2.24) is 5.32 Å². The number of amides is 1. The molecule has 0 spiro atoms. The number of nitrogens with two attached hydrogens (primary N) is 1. The Bertz CT molecular complexity index is 1370. The maximum atomic E-state index is 16.0. The smallest absolute Gasteiger partial charge is 0.249 e. The number of ether oxygens (including phenoxy) is 3. The summed E-state index contributed by atoms with van der Waals surface area (Å²) in [5.41, 5.74) is 4.88. The van der Waals surface area contributed by atoms with Crippen molar-refractivity contribution >= 4 is 17.5 Å². The normalized spacial score (nSPS) is 22.2. The molecule has 10 heteroatoms. The molecule has 0 aliphatic carbocycles. The minimum Gasteiger partial charge on any atom is -0.488 e. The topological polar surface area (TPSA) is 103 Å². The number of benzene rings is 3. The van der Waals surface area contributed by atoms with Crippen LogP contribution in [0.1, 0.15) is 40.4 Å². The second-order valence-electron chi connectivity index (χ2n) is 9.22. The van der Waals surface area contributed by atoms with Gasteiger partial charge in [0.05, 0.1) is 23.2 Å². The van der Waals surface area contributed by atoms with E-state index < -0.39 is 34.3 Å². The molecule has 1 fully saturated rings. The maximum absolute atomic E-state index is 16.0. The monoisotopic (exact) mass is 544 g/mol. The molecule has 4 N–H and O–H groups in total. The van der Waals surface area contributed by atoms with E-state index >= 15 is 8.78 Å². The minimum atomic E-state index is -1.14. The van der Waals surface area contributed by atoms with E-state index in [4.69, 9.17) is 36.7 Å². The number of carbonyl (C=O) groups is 1. The largest absolute Gasteiger partial charge is 0.488 e. The highest BCUT2D eigenvalue weighted by molar-refractivity contribution is 6.34. The molecule has 7 nitrogen and oxygen atoms in total. The zero-order valence-corrected chi connectivity index (χ0v) is 21.4. The van der Waals surface area contributed by atoms with Crippen LogP contribution >= 0.6 is 11.6 Å². The summed E-state index contributed by atoms with van der Waals surface area (Å²) in [6, 6.07) is 12.8. The van der Waals surface area contributed by atoms with Crippen molar-refractivity contribution in [2.24, 2.45) is 5.73 Å². The molecule has 0 aromatic heterocycles. The van der Waals surface area contributed by atoms with E-state index in [0.29, 0.717) is 0 Å². The molecule has 2 aliphatic heterocycles. The van der Waals surface area contributed by atoms with Crippen LogP contribution in [0.15, 0.2) is 48.5 Å². The third-order valence-electron chi connectivity index (χ3n) is 7.16. The van der Waals surface area contributed by atoms with Crippen LogP contribution in [0, 0.1) is 11.6 Å². The first-order valence-electron chi connectivity index (χ1n) is 12.2. The molecule has 2 heterocycles. The highest BCUT2D eigenvalue weighted by Gasteiger charge is 2.57. The van der Waals surface area contributed by atoms with Crippen molar-refractivity contribution < 1.29 is 32.9 Å². The van der Waals surface area contributed by atoms with Crippen molar-refractivity contribution in [2.45, 2.75) is 30.6 Å². The lowest BCUT2D eigenvalue weighted by Gasteiger charge is -2.39. The number of hydrogen-bond acceptors (Lipinski definition) is 6. The summed E-state index contributed by atoms with van der Waals surface area (Å²) in [6.07, 6.45) is 0.771. The van der Waals surface area contributed by atoms with Crippen LogP contribution in [-0.2, 0) is 10.3 Å². The van der Waals surface area contributed by atoms with Crippen LogP contribution in [-0.4, -0.2) is 43.9 Å². The Balaban J connectivity index is 1.82. The van der Waals surface area contributed by atoms with Crippen molar-refractivity contribution in [2.75, 3.05) is 26.9 Å². The van der Waals surface area contributed by atoms with Gasteiger partial charge < -0.3 is 30.4 Å². The molecule has 2 aliphatic rings. The summed E-state index contributed by atoms with van der Waals surface area (Å²) >= 11 is 6.54. The van der Waals surface area contributed by atoms with Crippen molar-refractivity contribution in [1.29, 1.82) is 0 Å². The number of rotatable bonds is 8. The number of aliphatic hydroxyl groups is 1. The predicted molar refractivity (Wildman–Crippen MR) is 137 cm³/mol. The fourth-order valence-electron chi connectivity index (χ4n) is 5.64. The Morgan fingerprint density at radius 1 is 1.24 bits per heavy atom. The number of methoxy groups -OCH3 is 1. The second kappa shape index (κ2) is 10.5. The van der Waals surface area contributed by atoms with Crippen molar-refractivity contribution in [3.05, 3.63) is 81.9 Å². The van der Waals surface area contributed by atoms with Gasteiger partial charge in [-0.25, -0.2) is 8.78 Å². The molecule has 200 valence electrons. The molecule has 0 unspecified atom stereocenters. The third-order valence-corrected chi connectivity index (χ3v) is 7.53. The van der Waals surface area contributed by atoms with E-state index in [1.54, 1.807) is 0 Å². The van der Waals surface area contributed by atoms with Crippen molar-refractivity contribution in [3.63, 3.8) is 0 Å². The highest BCUT2D eigenvalue weighted by Crippen LogP contribution is 2.58. The van der Waals surface area contributed by atoms with E-state index in [1.807, 2.05) is 30.3 Å². The molecule has 1 amide bonds. The van der Waals surface area contributed by atoms with E-state index in [2.05, 4.69) is 5.32 Å². The fourth-order valence-corrected chi connectivity index (χ4v) is 5.89. The summed E-state index contributed by atoms with van der Waals surface area (Å²) in [4.78, 5) is 12.4. The van der Waals surface area contributed by atoms with Crippen LogP contribution in [0.4, 0.5) is 8.78 Å². The Morgan fingerprint density at radius 2 is 2.00 bits per heavy atom. The number of nitrogens with one attached hydrogen (secondary N) is 1. The number of aliphatic hydroxyl groups excluding tert-OH is 1. The van der Waals surface area contributed by atoms with Gasteiger partial charge in [0.2, 0.25) is 5.91 Å². The van der Waals surface area contributed by atoms with Gasteiger partial charge in [-0.15, -0.1) is 0 Å². The summed E-state index contributed by atoms with van der Waals surface area (Å²) in [5.74, 6) is -2.93. The predicted octanol–water partition coefficient (Wildman–Crippen LogP) is 4.48. The summed E-state index contributed by atoms with van der Waals surface area (Å²) in [6.45, 7) is 0.188. The van der Waals surface area contributed by atoms with Crippen LogP contribution in [0.25, 0.3) is 11.1 Å². The zero-order valence-electron chi connectivity index (χ0n) is 20.6. The Labute approximate surface area is 223 Å². The van der Waals surface area contributed by atoms with Gasteiger partial charge in [-0.1, -0.05) is 41.9 Å². The summed E-state index contributed by atoms with van der Waals surface area (Å²) in [7, 11) is 1.49. The van der Waals surface area contributed by atoms with Gasteiger partial charge >= 0.3 is 0 Å². The molecule has 3 aromatic carbocycles. The summed E-state index contributed by atoms with van der Waals surface area (Å²) in [5, 5.41) is 12.2. The van der Waals surface area contributed by atoms with Crippen LogP contribution < -0.4 is 20.5 Å². The maximum Gasteiger partial charge on any atom is 0.249 e. The molecule has 0 saturated carbocycles. The molecule has 0 bridgehead atoms. The lowest BCUT2D eigenvalue weighted by molar-refractivity contribution is -0.0768. The molecular weight excluding hydrogens is 518 g/mol. The Hall–Kier alpha value is -3.24. The Morgan fingerprint density at radius 3 is 2.63 bits per heavy atom. The molecule has 5 rings (SSSR count). The first-order chi connectivity index (χ1) is 18.3. The van der Waals surface area contributed by atoms with Crippen molar-refractivity contribution in [3.8, 4) is 22.6 Å². The van der Waals surface area contributed by atoms with E-state index in [-0.39, 0.29) is 53.0 Å². The quantitative estimate of drug-likeness (QED) is 0.386. The van der Waals surface area contributed by atoms with Gasteiger partial charge in [0.1, 0.15) is 24.3 Å². The fraction of sp³-hybridized carbons (Fsp3) is 0.321. The summed E-state index contributed by atoms with van der Waals surface area (Å²) < 4.78 is 49.4. The van der Waals surface area contributed by atoms with Gasteiger partial charge in [0.25, 0.3) is 0 Å². The number of halogens is 3. The standard InChI is InChI=1S/C28H27ClF2N2O5/c1-36-26-22-19(38-28(26,20-8-5-11-33-20)15-6-3-2-4-7-15)14-17(30)24(29)23(22)21-16(27(32)35)9-10-18(25(21)31)37-13-12-34/h2-4,6-7,9-10,14,20,26,33-34H,5,8,11-13H2,1H3,(H2,32,35)/t20-,26-,28-/m0/s1. The molecule has 3 atom stereocenters. The van der Waals surface area contributed by atoms with Crippen LogP contribution in [0.3, 0.4) is 0 Å². The molecule has 0 radical (unpaired) electrons. The lowest BCUT2D eigenvalue weighted by atomic mass is 9.77.